The Kier molecular flexibility index (Phi) is 2.09. The number of nitrogens with zero attached hydrogens (tertiary/aromatic N) is 1. The molecule has 0 aromatic rings. The molecule has 3 heterocycles. The molecule has 2 fully saturated rings. The average Bonchev–Trinajstić information content (AvgIpc) is 2.98. The summed E-state index contributed by atoms with van der Waals surface area (Å²) in [5.41, 5.74) is 0. The number of amides is 2. The number of hydrogen-bond acceptors (Lipinski definition) is 5. The fourth-order valence-corrected chi connectivity index (χ4v) is 2.53. The van der Waals surface area contributed by atoms with Gasteiger partial charge in [0.15, 0.2) is 0 Å². The van der Waals surface area contributed by atoms with E-state index in [-0.39, 0.29) is 18.6 Å². The standard InChI is InChI=1S/C11H11NO5/c1-2-7(13)17-12-10(14)8-5-3-4-6(16-5)9(8)11(12)15/h3-6,8-9H,2H2,1H3. The lowest BCUT2D eigenvalue weighted by Gasteiger charge is -2.15. The summed E-state index contributed by atoms with van der Waals surface area (Å²) in [6.07, 6.45) is 2.97. The van der Waals surface area contributed by atoms with Crippen molar-refractivity contribution in [3.8, 4) is 0 Å². The van der Waals surface area contributed by atoms with E-state index in [1.54, 1.807) is 19.1 Å². The van der Waals surface area contributed by atoms with Crippen molar-refractivity contribution in [1.29, 1.82) is 0 Å². The zero-order valence-corrected chi connectivity index (χ0v) is 9.16. The van der Waals surface area contributed by atoms with Crippen LogP contribution in [0.1, 0.15) is 13.3 Å². The molecule has 0 aliphatic carbocycles. The summed E-state index contributed by atoms with van der Waals surface area (Å²) in [7, 11) is 0. The number of fused-ring (bicyclic) bond motifs is 5. The molecular weight excluding hydrogens is 226 g/mol. The minimum absolute atomic E-state index is 0.119. The lowest BCUT2D eigenvalue weighted by atomic mass is 9.85. The minimum atomic E-state index is -0.590. The highest BCUT2D eigenvalue weighted by Crippen LogP contribution is 2.45. The van der Waals surface area contributed by atoms with E-state index in [0.717, 1.165) is 0 Å². The van der Waals surface area contributed by atoms with E-state index in [0.29, 0.717) is 5.06 Å². The Morgan fingerprint density at radius 3 is 2.29 bits per heavy atom. The summed E-state index contributed by atoms with van der Waals surface area (Å²) in [6.45, 7) is 1.60. The van der Waals surface area contributed by atoms with Crippen molar-refractivity contribution in [3.05, 3.63) is 12.2 Å². The molecule has 2 amide bonds. The van der Waals surface area contributed by atoms with Crippen LogP contribution >= 0.6 is 0 Å². The van der Waals surface area contributed by atoms with E-state index in [2.05, 4.69) is 0 Å². The number of imide groups is 1. The minimum Gasteiger partial charge on any atom is -0.365 e. The van der Waals surface area contributed by atoms with Crippen LogP contribution in [0.3, 0.4) is 0 Å². The van der Waals surface area contributed by atoms with Gasteiger partial charge in [-0.25, -0.2) is 4.79 Å². The van der Waals surface area contributed by atoms with Crippen molar-refractivity contribution in [2.24, 2.45) is 11.8 Å². The number of carbonyl (C=O) groups is 3. The average molecular weight is 237 g/mol. The Morgan fingerprint density at radius 1 is 1.29 bits per heavy atom. The van der Waals surface area contributed by atoms with Gasteiger partial charge in [-0.2, -0.15) is 0 Å². The summed E-state index contributed by atoms with van der Waals surface area (Å²) in [6, 6.07) is 0. The molecule has 0 spiro atoms. The van der Waals surface area contributed by atoms with E-state index in [1.807, 2.05) is 0 Å². The lowest BCUT2D eigenvalue weighted by molar-refractivity contribution is -0.200. The normalized spacial score (nSPS) is 37.8. The first kappa shape index (κ1) is 10.5. The van der Waals surface area contributed by atoms with Crippen LogP contribution in [0.2, 0.25) is 0 Å². The summed E-state index contributed by atoms with van der Waals surface area (Å²) < 4.78 is 5.44. The van der Waals surface area contributed by atoms with Crippen LogP contribution in [0.15, 0.2) is 12.2 Å². The first-order valence-electron chi connectivity index (χ1n) is 5.56. The molecule has 3 aliphatic rings. The van der Waals surface area contributed by atoms with Crippen molar-refractivity contribution in [1.82, 2.24) is 5.06 Å². The quantitative estimate of drug-likeness (QED) is 0.491. The Bertz CT molecular complexity index is 413. The molecule has 17 heavy (non-hydrogen) atoms. The second-order valence-corrected chi connectivity index (χ2v) is 4.29. The van der Waals surface area contributed by atoms with Gasteiger partial charge >= 0.3 is 5.97 Å². The summed E-state index contributed by atoms with van der Waals surface area (Å²) in [5.74, 6) is -2.59. The number of hydrogen-bond donors (Lipinski definition) is 0. The molecule has 6 nitrogen and oxygen atoms in total. The van der Waals surface area contributed by atoms with E-state index in [4.69, 9.17) is 9.57 Å². The number of ether oxygens (including phenoxy) is 1. The van der Waals surface area contributed by atoms with E-state index < -0.39 is 29.6 Å². The maximum absolute atomic E-state index is 12.0. The van der Waals surface area contributed by atoms with Gasteiger partial charge in [0.25, 0.3) is 11.8 Å². The third kappa shape index (κ3) is 1.27. The van der Waals surface area contributed by atoms with Gasteiger partial charge in [0.2, 0.25) is 0 Å². The second-order valence-electron chi connectivity index (χ2n) is 4.29. The molecule has 0 aromatic carbocycles. The van der Waals surface area contributed by atoms with Crippen molar-refractivity contribution in [2.45, 2.75) is 25.6 Å². The molecule has 2 bridgehead atoms. The highest BCUT2D eigenvalue weighted by molar-refractivity contribution is 6.06. The fraction of sp³-hybridized carbons (Fsp3) is 0.545. The molecule has 6 heteroatoms. The van der Waals surface area contributed by atoms with Gasteiger partial charge in [-0.1, -0.05) is 19.1 Å². The Hall–Kier alpha value is -1.69. The van der Waals surface area contributed by atoms with Crippen LogP contribution in [0.5, 0.6) is 0 Å². The molecule has 0 saturated carbocycles. The van der Waals surface area contributed by atoms with Crippen LogP contribution in [-0.2, 0) is 24.0 Å². The highest BCUT2D eigenvalue weighted by atomic mass is 16.7. The topological polar surface area (TPSA) is 72.9 Å². The van der Waals surface area contributed by atoms with Crippen LogP contribution in [0, 0.1) is 11.8 Å². The summed E-state index contributed by atoms with van der Waals surface area (Å²) >= 11 is 0. The largest absolute Gasteiger partial charge is 0.365 e. The first-order chi connectivity index (χ1) is 8.13. The third-order valence-corrected chi connectivity index (χ3v) is 3.35. The zero-order valence-electron chi connectivity index (χ0n) is 9.16. The van der Waals surface area contributed by atoms with E-state index in [9.17, 15) is 14.4 Å². The van der Waals surface area contributed by atoms with Crippen LogP contribution < -0.4 is 0 Å². The maximum atomic E-state index is 12.0. The number of hydroxylamine groups is 2. The van der Waals surface area contributed by atoms with Gasteiger partial charge in [0.05, 0.1) is 24.0 Å². The molecule has 3 aliphatic heterocycles. The predicted octanol–water partition coefficient (Wildman–Crippen LogP) is -0.207. The Balaban J connectivity index is 1.85. The SMILES string of the molecule is CCC(=O)ON1C(=O)C2C3C=CC(O3)C2C1=O. The molecule has 4 unspecified atom stereocenters. The Morgan fingerprint density at radius 2 is 1.82 bits per heavy atom. The molecule has 4 atom stereocenters. The summed E-state index contributed by atoms with van der Waals surface area (Å²) in [4.78, 5) is 39.8. The lowest BCUT2D eigenvalue weighted by Crippen LogP contribution is -2.36. The van der Waals surface area contributed by atoms with Crippen LogP contribution in [-0.4, -0.2) is 35.1 Å². The molecule has 3 rings (SSSR count). The van der Waals surface area contributed by atoms with Crippen LogP contribution in [0.4, 0.5) is 0 Å². The van der Waals surface area contributed by atoms with E-state index in [1.165, 1.54) is 0 Å². The smallest absolute Gasteiger partial charge is 0.332 e. The van der Waals surface area contributed by atoms with Crippen molar-refractivity contribution < 1.29 is 24.0 Å². The van der Waals surface area contributed by atoms with Crippen molar-refractivity contribution >= 4 is 17.8 Å². The van der Waals surface area contributed by atoms with Gasteiger partial charge in [0.1, 0.15) is 0 Å². The van der Waals surface area contributed by atoms with Crippen molar-refractivity contribution in [2.75, 3.05) is 0 Å². The molecule has 0 N–H and O–H groups in total. The second kappa shape index (κ2) is 3.40. The van der Waals surface area contributed by atoms with Gasteiger partial charge in [-0.05, 0) is 0 Å². The first-order valence-corrected chi connectivity index (χ1v) is 5.56. The maximum Gasteiger partial charge on any atom is 0.332 e. The molecule has 2 saturated heterocycles. The predicted molar refractivity (Wildman–Crippen MR) is 53.0 cm³/mol. The molecule has 90 valence electrons. The molecule has 0 aromatic heterocycles. The van der Waals surface area contributed by atoms with Gasteiger partial charge < -0.3 is 9.57 Å². The highest BCUT2D eigenvalue weighted by Gasteiger charge is 2.62. The Labute approximate surface area is 97.1 Å². The number of rotatable bonds is 2. The monoisotopic (exact) mass is 237 g/mol. The van der Waals surface area contributed by atoms with Gasteiger partial charge in [0, 0.05) is 6.42 Å². The van der Waals surface area contributed by atoms with E-state index >= 15 is 0 Å². The van der Waals surface area contributed by atoms with Crippen molar-refractivity contribution in [3.63, 3.8) is 0 Å². The van der Waals surface area contributed by atoms with Gasteiger partial charge in [-0.3, -0.25) is 9.59 Å². The van der Waals surface area contributed by atoms with Crippen LogP contribution in [0.25, 0.3) is 0 Å². The summed E-state index contributed by atoms with van der Waals surface area (Å²) in [5, 5.41) is 0.608. The molecule has 0 radical (unpaired) electrons. The number of carbonyl (C=O) groups excluding carboxylic acids is 3. The van der Waals surface area contributed by atoms with Gasteiger partial charge in [-0.15, -0.1) is 5.06 Å². The fourth-order valence-electron chi connectivity index (χ4n) is 2.53. The molecular formula is C11H11NO5. The zero-order chi connectivity index (χ0) is 12.2. The third-order valence-electron chi connectivity index (χ3n) is 3.35.